The standard InChI is InChI=1S/C14H20/c1-13(2,3)14(4)9-11-7-5-6-8-12(11)10-14/h5-8H,9-10H2,1-4H3. The molecule has 0 aliphatic heterocycles. The summed E-state index contributed by atoms with van der Waals surface area (Å²) in [4.78, 5) is 0. The third-order valence-corrected chi connectivity index (χ3v) is 4.09. The Morgan fingerprint density at radius 1 is 1.00 bits per heavy atom. The molecule has 76 valence electrons. The largest absolute Gasteiger partial charge is 0.0620 e. The zero-order valence-corrected chi connectivity index (χ0v) is 9.72. The van der Waals surface area contributed by atoms with E-state index in [0.717, 1.165) is 0 Å². The summed E-state index contributed by atoms with van der Waals surface area (Å²) in [7, 11) is 0. The number of benzene rings is 1. The van der Waals surface area contributed by atoms with E-state index < -0.39 is 0 Å². The summed E-state index contributed by atoms with van der Waals surface area (Å²) in [6.07, 6.45) is 2.49. The number of rotatable bonds is 0. The molecule has 0 heteroatoms. The quantitative estimate of drug-likeness (QED) is 0.580. The van der Waals surface area contributed by atoms with Crippen LogP contribution < -0.4 is 0 Å². The van der Waals surface area contributed by atoms with Gasteiger partial charge in [0.05, 0.1) is 0 Å². The first-order chi connectivity index (χ1) is 6.42. The van der Waals surface area contributed by atoms with Crippen LogP contribution >= 0.6 is 0 Å². The number of hydrogen-bond acceptors (Lipinski definition) is 0. The van der Waals surface area contributed by atoms with Crippen molar-refractivity contribution in [3.63, 3.8) is 0 Å². The van der Waals surface area contributed by atoms with Crippen molar-refractivity contribution in [3.05, 3.63) is 35.4 Å². The van der Waals surface area contributed by atoms with Crippen LogP contribution in [-0.4, -0.2) is 0 Å². The number of hydrogen-bond donors (Lipinski definition) is 0. The Bertz CT molecular complexity index is 316. The molecule has 14 heavy (non-hydrogen) atoms. The minimum atomic E-state index is 0.395. The van der Waals surface area contributed by atoms with E-state index in [4.69, 9.17) is 0 Å². The minimum Gasteiger partial charge on any atom is -0.0620 e. The molecule has 0 N–H and O–H groups in total. The predicted octanol–water partition coefficient (Wildman–Crippen LogP) is 3.84. The molecule has 1 aromatic rings. The molecule has 1 aliphatic rings. The van der Waals surface area contributed by atoms with E-state index in [0.29, 0.717) is 10.8 Å². The second-order valence-electron chi connectivity index (χ2n) is 5.93. The molecule has 0 atom stereocenters. The summed E-state index contributed by atoms with van der Waals surface area (Å²) in [5.74, 6) is 0. The first-order valence-corrected chi connectivity index (χ1v) is 5.49. The Morgan fingerprint density at radius 2 is 1.43 bits per heavy atom. The molecule has 2 rings (SSSR count). The van der Waals surface area contributed by atoms with Gasteiger partial charge in [-0.25, -0.2) is 0 Å². The van der Waals surface area contributed by atoms with Gasteiger partial charge in [0.2, 0.25) is 0 Å². The summed E-state index contributed by atoms with van der Waals surface area (Å²) in [6, 6.07) is 8.89. The van der Waals surface area contributed by atoms with Gasteiger partial charge in [-0.2, -0.15) is 0 Å². The Labute approximate surface area is 87.3 Å². The highest BCUT2D eigenvalue weighted by Gasteiger charge is 2.41. The average molecular weight is 188 g/mol. The predicted molar refractivity (Wildman–Crippen MR) is 61.4 cm³/mol. The highest BCUT2D eigenvalue weighted by molar-refractivity contribution is 5.34. The maximum atomic E-state index is 2.42. The lowest BCUT2D eigenvalue weighted by Crippen LogP contribution is -2.33. The van der Waals surface area contributed by atoms with Crippen molar-refractivity contribution in [1.82, 2.24) is 0 Å². The van der Waals surface area contributed by atoms with Crippen molar-refractivity contribution in [2.75, 3.05) is 0 Å². The zero-order valence-electron chi connectivity index (χ0n) is 9.72. The molecule has 0 spiro atoms. The van der Waals surface area contributed by atoms with E-state index in [2.05, 4.69) is 52.0 Å². The maximum absolute atomic E-state index is 2.42. The molecule has 0 nitrogen and oxygen atoms in total. The van der Waals surface area contributed by atoms with Gasteiger partial charge in [0.1, 0.15) is 0 Å². The van der Waals surface area contributed by atoms with Crippen molar-refractivity contribution in [2.24, 2.45) is 10.8 Å². The van der Waals surface area contributed by atoms with Gasteiger partial charge in [0, 0.05) is 0 Å². The van der Waals surface area contributed by atoms with Crippen molar-refractivity contribution < 1.29 is 0 Å². The number of fused-ring (bicyclic) bond motifs is 1. The van der Waals surface area contributed by atoms with Gasteiger partial charge in [-0.05, 0) is 34.8 Å². The summed E-state index contributed by atoms with van der Waals surface area (Å²) in [5, 5.41) is 0. The van der Waals surface area contributed by atoms with Crippen LogP contribution in [0.25, 0.3) is 0 Å². The Hall–Kier alpha value is -0.780. The van der Waals surface area contributed by atoms with Crippen LogP contribution in [0.2, 0.25) is 0 Å². The lowest BCUT2D eigenvalue weighted by Gasteiger charge is -2.38. The van der Waals surface area contributed by atoms with E-state index in [1.165, 1.54) is 12.8 Å². The molecule has 0 saturated heterocycles. The van der Waals surface area contributed by atoms with E-state index >= 15 is 0 Å². The SMILES string of the molecule is CC(C)(C)C1(C)Cc2ccccc2C1. The second-order valence-corrected chi connectivity index (χ2v) is 5.93. The van der Waals surface area contributed by atoms with Crippen LogP contribution in [0.15, 0.2) is 24.3 Å². The van der Waals surface area contributed by atoms with Crippen LogP contribution in [0.4, 0.5) is 0 Å². The van der Waals surface area contributed by atoms with E-state index in [1.54, 1.807) is 11.1 Å². The third-order valence-electron chi connectivity index (χ3n) is 4.09. The summed E-state index contributed by atoms with van der Waals surface area (Å²) in [5.41, 5.74) is 3.96. The molecule has 0 radical (unpaired) electrons. The molecule has 0 bridgehead atoms. The fraction of sp³-hybridized carbons (Fsp3) is 0.571. The van der Waals surface area contributed by atoms with Crippen LogP contribution in [-0.2, 0) is 12.8 Å². The Kier molecular flexibility index (Phi) is 1.99. The monoisotopic (exact) mass is 188 g/mol. The van der Waals surface area contributed by atoms with Crippen molar-refractivity contribution in [3.8, 4) is 0 Å². The smallest absolute Gasteiger partial charge is 0.0196 e. The first kappa shape index (κ1) is 9.76. The average Bonchev–Trinajstić information content (AvgIpc) is 2.40. The third kappa shape index (κ3) is 1.37. The lowest BCUT2D eigenvalue weighted by atomic mass is 9.66. The fourth-order valence-electron chi connectivity index (χ4n) is 2.34. The molecule has 0 heterocycles. The van der Waals surface area contributed by atoms with Crippen molar-refractivity contribution >= 4 is 0 Å². The molecule has 1 aromatic carbocycles. The minimum absolute atomic E-state index is 0.395. The molecule has 1 aliphatic carbocycles. The molecule has 0 unspecified atom stereocenters. The van der Waals surface area contributed by atoms with Gasteiger partial charge >= 0.3 is 0 Å². The van der Waals surface area contributed by atoms with Crippen LogP contribution in [0.5, 0.6) is 0 Å². The molecular formula is C14H20. The highest BCUT2D eigenvalue weighted by atomic mass is 14.5. The van der Waals surface area contributed by atoms with Gasteiger partial charge in [-0.3, -0.25) is 0 Å². The van der Waals surface area contributed by atoms with Gasteiger partial charge in [-0.1, -0.05) is 52.0 Å². The van der Waals surface area contributed by atoms with Crippen LogP contribution in [0.3, 0.4) is 0 Å². The lowest BCUT2D eigenvalue weighted by molar-refractivity contribution is 0.121. The van der Waals surface area contributed by atoms with E-state index in [1.807, 2.05) is 0 Å². The van der Waals surface area contributed by atoms with Crippen LogP contribution in [0.1, 0.15) is 38.8 Å². The van der Waals surface area contributed by atoms with Gasteiger partial charge in [0.25, 0.3) is 0 Å². The Balaban J connectivity index is 2.35. The normalized spacial score (nSPS) is 19.4. The molecule has 0 fully saturated rings. The van der Waals surface area contributed by atoms with E-state index in [9.17, 15) is 0 Å². The Morgan fingerprint density at radius 3 is 1.79 bits per heavy atom. The molecular weight excluding hydrogens is 168 g/mol. The highest BCUT2D eigenvalue weighted by Crippen LogP contribution is 2.48. The second kappa shape index (κ2) is 2.85. The van der Waals surface area contributed by atoms with Crippen LogP contribution in [0, 0.1) is 10.8 Å². The summed E-state index contributed by atoms with van der Waals surface area (Å²) in [6.45, 7) is 9.50. The van der Waals surface area contributed by atoms with Gasteiger partial charge in [0.15, 0.2) is 0 Å². The van der Waals surface area contributed by atoms with Crippen molar-refractivity contribution in [2.45, 2.75) is 40.5 Å². The molecule has 0 saturated carbocycles. The van der Waals surface area contributed by atoms with E-state index in [-0.39, 0.29) is 0 Å². The zero-order chi connectivity index (χ0) is 10.4. The molecule has 0 aromatic heterocycles. The molecule has 0 amide bonds. The topological polar surface area (TPSA) is 0 Å². The fourth-order valence-corrected chi connectivity index (χ4v) is 2.34. The summed E-state index contributed by atoms with van der Waals surface area (Å²) < 4.78 is 0. The van der Waals surface area contributed by atoms with Crippen molar-refractivity contribution in [1.29, 1.82) is 0 Å². The summed E-state index contributed by atoms with van der Waals surface area (Å²) >= 11 is 0. The van der Waals surface area contributed by atoms with Gasteiger partial charge in [-0.15, -0.1) is 0 Å². The van der Waals surface area contributed by atoms with Gasteiger partial charge < -0.3 is 0 Å². The maximum Gasteiger partial charge on any atom is -0.0196 e. The first-order valence-electron chi connectivity index (χ1n) is 5.49.